The summed E-state index contributed by atoms with van der Waals surface area (Å²) in [6, 6.07) is 8.23. The highest BCUT2D eigenvalue weighted by molar-refractivity contribution is 7.09. The van der Waals surface area contributed by atoms with Crippen LogP contribution in [0.5, 0.6) is 0 Å². The molecule has 1 N–H and O–H groups in total. The van der Waals surface area contributed by atoms with Crippen LogP contribution in [0.4, 0.5) is 5.13 Å². The van der Waals surface area contributed by atoms with Crippen LogP contribution in [0, 0.1) is 6.92 Å². The number of hydrogen-bond donors (Lipinski definition) is 1. The normalized spacial score (nSPS) is 25.0. The third-order valence-corrected chi connectivity index (χ3v) is 5.35. The number of aryl methyl sites for hydroxylation is 1. The second-order valence-electron chi connectivity index (χ2n) is 6.45. The molecular weight excluding hydrogens is 324 g/mol. The molecule has 0 amide bonds. The van der Waals surface area contributed by atoms with Crippen molar-refractivity contribution < 1.29 is 9.47 Å². The van der Waals surface area contributed by atoms with Gasteiger partial charge in [0.1, 0.15) is 0 Å². The fourth-order valence-electron chi connectivity index (χ4n) is 3.27. The lowest BCUT2D eigenvalue weighted by Crippen LogP contribution is -2.62. The van der Waals surface area contributed by atoms with E-state index in [-0.39, 0.29) is 5.54 Å². The minimum Gasteiger partial charge on any atom is -0.378 e. The van der Waals surface area contributed by atoms with Crippen molar-refractivity contribution in [2.24, 2.45) is 0 Å². The molecule has 1 spiro atoms. The average Bonchev–Trinajstić information content (AvgIpc) is 3.00. The summed E-state index contributed by atoms with van der Waals surface area (Å²) in [4.78, 5) is 7.07. The molecule has 2 aliphatic heterocycles. The molecule has 0 bridgehead atoms. The topological polar surface area (TPSA) is 59.5 Å². The maximum atomic E-state index is 5.82. The first kappa shape index (κ1) is 16.0. The van der Waals surface area contributed by atoms with Crippen molar-refractivity contribution in [3.05, 3.63) is 29.8 Å². The van der Waals surface area contributed by atoms with E-state index in [9.17, 15) is 0 Å². The number of aromatic nitrogens is 2. The van der Waals surface area contributed by atoms with Crippen LogP contribution >= 0.6 is 11.5 Å². The quantitative estimate of drug-likeness (QED) is 0.893. The molecule has 6 nitrogen and oxygen atoms in total. The fraction of sp³-hybridized carbons (Fsp3) is 0.529. The molecule has 24 heavy (non-hydrogen) atoms. The molecule has 1 unspecified atom stereocenters. The summed E-state index contributed by atoms with van der Waals surface area (Å²) in [5, 5.41) is 4.54. The van der Waals surface area contributed by atoms with Crippen molar-refractivity contribution in [2.45, 2.75) is 12.5 Å². The third kappa shape index (κ3) is 3.17. The Morgan fingerprint density at radius 2 is 2.04 bits per heavy atom. The van der Waals surface area contributed by atoms with Crippen LogP contribution in [-0.2, 0) is 9.47 Å². The fourth-order valence-corrected chi connectivity index (χ4v) is 3.98. The molecule has 4 rings (SSSR count). The van der Waals surface area contributed by atoms with Crippen LogP contribution in [0.25, 0.3) is 11.4 Å². The summed E-state index contributed by atoms with van der Waals surface area (Å²) in [5.74, 6) is 0.806. The zero-order valence-electron chi connectivity index (χ0n) is 13.8. The van der Waals surface area contributed by atoms with Crippen molar-refractivity contribution in [1.29, 1.82) is 0 Å². The van der Waals surface area contributed by atoms with Crippen molar-refractivity contribution in [1.82, 2.24) is 14.7 Å². The zero-order chi connectivity index (χ0) is 16.4. The average molecular weight is 346 g/mol. The second kappa shape index (κ2) is 6.76. The Labute approximate surface area is 146 Å². The summed E-state index contributed by atoms with van der Waals surface area (Å²) >= 11 is 1.46. The predicted octanol–water partition coefficient (Wildman–Crippen LogP) is 1.71. The lowest BCUT2D eigenvalue weighted by Gasteiger charge is -2.38. The standard InChI is InChI=1S/C17H22N4O2S/c1-13-4-2-3-5-14(13)15-19-16(24-20-15)21-7-9-23-12-17(10-21)11-22-8-6-18-17/h2-5,18H,6-12H2,1H3. The van der Waals surface area contributed by atoms with E-state index in [1.54, 1.807) is 0 Å². The van der Waals surface area contributed by atoms with Crippen molar-refractivity contribution in [3.8, 4) is 11.4 Å². The van der Waals surface area contributed by atoms with Gasteiger partial charge in [-0.2, -0.15) is 9.36 Å². The molecule has 1 aromatic heterocycles. The van der Waals surface area contributed by atoms with Gasteiger partial charge in [0, 0.05) is 36.7 Å². The van der Waals surface area contributed by atoms with E-state index in [2.05, 4.69) is 33.6 Å². The highest BCUT2D eigenvalue weighted by atomic mass is 32.1. The number of nitrogens with one attached hydrogen (secondary N) is 1. The van der Waals surface area contributed by atoms with Crippen molar-refractivity contribution >= 4 is 16.7 Å². The van der Waals surface area contributed by atoms with E-state index in [4.69, 9.17) is 14.5 Å². The molecule has 2 aliphatic rings. The monoisotopic (exact) mass is 346 g/mol. The van der Waals surface area contributed by atoms with Crippen LogP contribution in [0.15, 0.2) is 24.3 Å². The third-order valence-electron chi connectivity index (χ3n) is 4.57. The van der Waals surface area contributed by atoms with E-state index in [0.29, 0.717) is 19.8 Å². The highest BCUT2D eigenvalue weighted by Crippen LogP contribution is 2.28. The van der Waals surface area contributed by atoms with Crippen LogP contribution in [0.1, 0.15) is 5.56 Å². The molecule has 128 valence electrons. The number of ether oxygens (including phenoxy) is 2. The number of hydrogen-bond acceptors (Lipinski definition) is 7. The number of anilines is 1. The first-order valence-corrected chi connectivity index (χ1v) is 9.08. The van der Waals surface area contributed by atoms with Gasteiger partial charge in [-0.15, -0.1) is 0 Å². The number of rotatable bonds is 2. The Morgan fingerprint density at radius 3 is 2.88 bits per heavy atom. The minimum absolute atomic E-state index is 0.150. The molecule has 1 aromatic carbocycles. The van der Waals surface area contributed by atoms with Gasteiger partial charge >= 0.3 is 0 Å². The molecule has 2 saturated heterocycles. The summed E-state index contributed by atoms with van der Waals surface area (Å²) in [7, 11) is 0. The van der Waals surface area contributed by atoms with Crippen LogP contribution in [0.3, 0.4) is 0 Å². The summed E-state index contributed by atoms with van der Waals surface area (Å²) < 4.78 is 16.1. The SMILES string of the molecule is Cc1ccccc1-c1nsc(N2CCOCC3(COCCN3)C2)n1. The Hall–Kier alpha value is -1.54. The molecule has 7 heteroatoms. The van der Waals surface area contributed by atoms with Crippen LogP contribution < -0.4 is 10.2 Å². The van der Waals surface area contributed by atoms with E-state index >= 15 is 0 Å². The molecule has 3 heterocycles. The molecule has 1 atom stereocenters. The first-order chi connectivity index (χ1) is 11.8. The molecule has 0 radical (unpaired) electrons. The van der Waals surface area contributed by atoms with Gasteiger partial charge < -0.3 is 19.7 Å². The van der Waals surface area contributed by atoms with Gasteiger partial charge in [0.25, 0.3) is 0 Å². The van der Waals surface area contributed by atoms with Gasteiger partial charge in [0.15, 0.2) is 5.82 Å². The van der Waals surface area contributed by atoms with Crippen LogP contribution in [0.2, 0.25) is 0 Å². The Bertz CT molecular complexity index is 699. The smallest absolute Gasteiger partial charge is 0.205 e. The number of benzene rings is 1. The van der Waals surface area contributed by atoms with E-state index in [1.165, 1.54) is 17.1 Å². The maximum absolute atomic E-state index is 5.82. The largest absolute Gasteiger partial charge is 0.378 e. The zero-order valence-corrected chi connectivity index (χ0v) is 14.6. The Kier molecular flexibility index (Phi) is 4.49. The number of morpholine rings is 1. The maximum Gasteiger partial charge on any atom is 0.205 e. The highest BCUT2D eigenvalue weighted by Gasteiger charge is 2.37. The molecular formula is C17H22N4O2S. The molecule has 2 aromatic rings. The van der Waals surface area contributed by atoms with Gasteiger partial charge in [0.05, 0.1) is 32.0 Å². The van der Waals surface area contributed by atoms with E-state index in [1.807, 2.05) is 12.1 Å². The lowest BCUT2D eigenvalue weighted by molar-refractivity contribution is -0.00960. The molecule has 0 saturated carbocycles. The van der Waals surface area contributed by atoms with Gasteiger partial charge in [-0.3, -0.25) is 0 Å². The Balaban J connectivity index is 1.58. The van der Waals surface area contributed by atoms with Gasteiger partial charge in [-0.05, 0) is 12.5 Å². The van der Waals surface area contributed by atoms with Crippen LogP contribution in [-0.4, -0.2) is 61.0 Å². The summed E-state index contributed by atoms with van der Waals surface area (Å²) in [5.41, 5.74) is 2.14. The molecule has 0 aliphatic carbocycles. The lowest BCUT2D eigenvalue weighted by atomic mass is 10.0. The molecule has 2 fully saturated rings. The van der Waals surface area contributed by atoms with E-state index in [0.717, 1.165) is 42.8 Å². The first-order valence-electron chi connectivity index (χ1n) is 8.31. The van der Waals surface area contributed by atoms with Crippen molar-refractivity contribution in [2.75, 3.05) is 51.0 Å². The number of nitrogens with zero attached hydrogens (tertiary/aromatic N) is 3. The van der Waals surface area contributed by atoms with Crippen molar-refractivity contribution in [3.63, 3.8) is 0 Å². The van der Waals surface area contributed by atoms with E-state index < -0.39 is 0 Å². The van der Waals surface area contributed by atoms with Gasteiger partial charge in [-0.1, -0.05) is 24.3 Å². The van der Waals surface area contributed by atoms with Gasteiger partial charge in [0.2, 0.25) is 5.13 Å². The summed E-state index contributed by atoms with van der Waals surface area (Å²) in [6.07, 6.45) is 0. The predicted molar refractivity (Wildman–Crippen MR) is 94.7 cm³/mol. The Morgan fingerprint density at radius 1 is 1.21 bits per heavy atom. The van der Waals surface area contributed by atoms with Gasteiger partial charge in [-0.25, -0.2) is 0 Å². The summed E-state index contributed by atoms with van der Waals surface area (Å²) in [6.45, 7) is 7.41. The second-order valence-corrected chi connectivity index (χ2v) is 7.18. The minimum atomic E-state index is -0.150.